The van der Waals surface area contributed by atoms with Crippen LogP contribution in [0, 0.1) is 0 Å². The summed E-state index contributed by atoms with van der Waals surface area (Å²) in [5, 5.41) is 0. The van der Waals surface area contributed by atoms with Crippen LogP contribution in [0.5, 0.6) is 5.75 Å². The van der Waals surface area contributed by atoms with E-state index in [0.717, 1.165) is 13.2 Å². The summed E-state index contributed by atoms with van der Waals surface area (Å²) in [4.78, 5) is 2.08. The Kier molecular flexibility index (Phi) is 26.4. The average molecular weight is 577 g/mol. The number of nitrogens with two attached hydrogens (primary N) is 1. The average Bonchev–Trinajstić information content (AvgIpc) is 2.95. The van der Waals surface area contributed by atoms with Gasteiger partial charge < -0.3 is 58.0 Å². The van der Waals surface area contributed by atoms with Gasteiger partial charge in [0, 0.05) is 6.54 Å². The van der Waals surface area contributed by atoms with Crippen molar-refractivity contribution < 1.29 is 47.4 Å². The molecule has 0 heterocycles. The molecule has 0 atom stereocenters. The Hall–Kier alpha value is -1.58. The summed E-state index contributed by atoms with van der Waals surface area (Å²) in [6.07, 6.45) is 0. The van der Waals surface area contributed by atoms with E-state index in [4.69, 9.17) is 53.1 Å². The summed E-state index contributed by atoms with van der Waals surface area (Å²) >= 11 is 0. The van der Waals surface area contributed by atoms with Gasteiger partial charge in [-0.2, -0.15) is 0 Å². The molecular formula is C28H52N2O10. The number of nitrogen functional groups attached to an aromatic ring is 1. The Balaban J connectivity index is 1.64. The summed E-state index contributed by atoms with van der Waals surface area (Å²) < 4.78 is 54.7. The highest BCUT2D eigenvalue weighted by atomic mass is 16.6. The number of anilines is 1. The molecule has 12 heteroatoms. The van der Waals surface area contributed by atoms with Crippen LogP contribution in [0.3, 0.4) is 0 Å². The van der Waals surface area contributed by atoms with Crippen molar-refractivity contribution in [1.29, 1.82) is 0 Å². The van der Waals surface area contributed by atoms with E-state index < -0.39 is 0 Å². The van der Waals surface area contributed by atoms with E-state index in [1.54, 1.807) is 6.07 Å². The lowest BCUT2D eigenvalue weighted by atomic mass is 10.3. The van der Waals surface area contributed by atoms with Gasteiger partial charge >= 0.3 is 0 Å². The molecule has 0 aliphatic carbocycles. The first-order valence-electron chi connectivity index (χ1n) is 14.0. The molecule has 1 aromatic rings. The molecule has 0 radical (unpaired) electrons. The van der Waals surface area contributed by atoms with Crippen molar-refractivity contribution in [2.45, 2.75) is 0 Å². The number of para-hydroxylation sites is 2. The third-order valence-electron chi connectivity index (χ3n) is 5.06. The number of hydrogen-bond acceptors (Lipinski definition) is 12. The molecule has 0 aromatic heterocycles. The van der Waals surface area contributed by atoms with Crippen LogP contribution in [0.25, 0.3) is 0 Å². The zero-order chi connectivity index (χ0) is 28.8. The molecule has 12 nitrogen and oxygen atoms in total. The minimum absolute atomic E-state index is 0.442. The quantitative estimate of drug-likeness (QED) is 0.101. The van der Waals surface area contributed by atoms with Crippen molar-refractivity contribution in [3.63, 3.8) is 0 Å². The molecule has 0 spiro atoms. The molecule has 40 heavy (non-hydrogen) atoms. The van der Waals surface area contributed by atoms with E-state index in [2.05, 4.69) is 4.90 Å². The zero-order valence-corrected chi connectivity index (χ0v) is 24.6. The van der Waals surface area contributed by atoms with Gasteiger partial charge in [0.1, 0.15) is 12.4 Å². The predicted octanol–water partition coefficient (Wildman–Crippen LogP) is 1.36. The van der Waals surface area contributed by atoms with Crippen molar-refractivity contribution in [2.75, 3.05) is 152 Å². The maximum Gasteiger partial charge on any atom is 0.142 e. The third kappa shape index (κ3) is 25.4. The molecule has 0 unspecified atom stereocenters. The first-order chi connectivity index (χ1) is 19.7. The number of ether oxygens (including phenoxy) is 10. The largest absolute Gasteiger partial charge is 0.489 e. The first kappa shape index (κ1) is 36.4. The molecule has 0 fully saturated rings. The third-order valence-corrected chi connectivity index (χ3v) is 5.06. The number of nitrogens with zero attached hydrogens (tertiary/aromatic N) is 1. The molecule has 1 rings (SSSR count). The van der Waals surface area contributed by atoms with Crippen LogP contribution in [-0.4, -0.2) is 151 Å². The van der Waals surface area contributed by atoms with Crippen LogP contribution in [0.4, 0.5) is 5.69 Å². The highest BCUT2D eigenvalue weighted by Gasteiger charge is 1.99. The van der Waals surface area contributed by atoms with Crippen LogP contribution in [0.15, 0.2) is 24.3 Å². The van der Waals surface area contributed by atoms with Gasteiger partial charge in [-0.15, -0.1) is 0 Å². The second-order valence-electron chi connectivity index (χ2n) is 8.70. The Bertz CT molecular complexity index is 657. The first-order valence-corrected chi connectivity index (χ1v) is 14.0. The highest BCUT2D eigenvalue weighted by Crippen LogP contribution is 2.19. The standard InChI is InChI=1S/C28H52N2O10/c1-30(2)7-8-31-9-10-32-11-12-33-13-14-34-15-16-35-17-18-36-19-20-37-21-22-38-23-24-39-25-26-40-28-6-4-3-5-27(28)29/h3-6H,7-26,29H2,1-2H3. The fourth-order valence-corrected chi connectivity index (χ4v) is 2.93. The normalized spacial score (nSPS) is 11.5. The zero-order valence-electron chi connectivity index (χ0n) is 24.6. The monoisotopic (exact) mass is 576 g/mol. The minimum Gasteiger partial charge on any atom is -0.489 e. The van der Waals surface area contributed by atoms with E-state index in [1.165, 1.54) is 0 Å². The van der Waals surface area contributed by atoms with Crippen molar-refractivity contribution in [1.82, 2.24) is 4.90 Å². The number of rotatable bonds is 31. The maximum atomic E-state index is 5.81. The van der Waals surface area contributed by atoms with E-state index in [9.17, 15) is 0 Å². The van der Waals surface area contributed by atoms with Crippen molar-refractivity contribution in [3.8, 4) is 5.75 Å². The molecule has 0 bridgehead atoms. The molecular weight excluding hydrogens is 524 g/mol. The molecule has 2 N–H and O–H groups in total. The van der Waals surface area contributed by atoms with Gasteiger partial charge in [0.25, 0.3) is 0 Å². The Morgan fingerprint density at radius 2 is 0.750 bits per heavy atom. The van der Waals surface area contributed by atoms with Crippen LogP contribution < -0.4 is 10.5 Å². The van der Waals surface area contributed by atoms with Gasteiger partial charge in [-0.05, 0) is 26.2 Å². The summed E-state index contributed by atoms with van der Waals surface area (Å²) in [6, 6.07) is 7.39. The fourth-order valence-electron chi connectivity index (χ4n) is 2.93. The summed E-state index contributed by atoms with van der Waals surface area (Å²) in [6.45, 7) is 11.0. The van der Waals surface area contributed by atoms with Gasteiger partial charge in [-0.1, -0.05) is 12.1 Å². The smallest absolute Gasteiger partial charge is 0.142 e. The fraction of sp³-hybridized carbons (Fsp3) is 0.786. The van der Waals surface area contributed by atoms with E-state index in [0.29, 0.717) is 130 Å². The minimum atomic E-state index is 0.442. The van der Waals surface area contributed by atoms with Crippen molar-refractivity contribution >= 4 is 5.69 Å². The van der Waals surface area contributed by atoms with Crippen LogP contribution in [0.2, 0.25) is 0 Å². The topological polar surface area (TPSA) is 122 Å². The molecule has 0 aliphatic heterocycles. The Labute approximate surface area is 240 Å². The van der Waals surface area contributed by atoms with E-state index in [-0.39, 0.29) is 0 Å². The van der Waals surface area contributed by atoms with Crippen molar-refractivity contribution in [3.05, 3.63) is 24.3 Å². The van der Waals surface area contributed by atoms with E-state index >= 15 is 0 Å². The summed E-state index contributed by atoms with van der Waals surface area (Å²) in [5.41, 5.74) is 6.43. The molecule has 0 aliphatic rings. The van der Waals surface area contributed by atoms with Gasteiger partial charge in [0.2, 0.25) is 0 Å². The van der Waals surface area contributed by atoms with Gasteiger partial charge in [0.15, 0.2) is 0 Å². The SMILES string of the molecule is CN(C)CCOCCOCCOCCOCCOCCOCCOCCOCCOCCOc1ccccc1N. The van der Waals surface area contributed by atoms with Crippen LogP contribution in [0.1, 0.15) is 0 Å². The predicted molar refractivity (Wildman–Crippen MR) is 152 cm³/mol. The summed E-state index contributed by atoms with van der Waals surface area (Å²) in [7, 11) is 4.04. The second kappa shape index (κ2) is 28.9. The summed E-state index contributed by atoms with van der Waals surface area (Å²) in [5.74, 6) is 0.671. The molecule has 0 amide bonds. The van der Waals surface area contributed by atoms with Crippen LogP contribution >= 0.6 is 0 Å². The molecule has 0 saturated heterocycles. The lowest BCUT2D eigenvalue weighted by Gasteiger charge is -2.10. The number of likely N-dealkylation sites (N-methyl/N-ethyl adjacent to an activating group) is 1. The lowest BCUT2D eigenvalue weighted by molar-refractivity contribution is -0.0255. The van der Waals surface area contributed by atoms with Crippen molar-refractivity contribution in [2.24, 2.45) is 0 Å². The molecule has 0 saturated carbocycles. The molecule has 234 valence electrons. The van der Waals surface area contributed by atoms with Gasteiger partial charge in [-0.3, -0.25) is 0 Å². The maximum absolute atomic E-state index is 5.81. The second-order valence-corrected chi connectivity index (χ2v) is 8.70. The van der Waals surface area contributed by atoms with Gasteiger partial charge in [0.05, 0.1) is 125 Å². The number of hydrogen-bond donors (Lipinski definition) is 1. The van der Waals surface area contributed by atoms with E-state index in [1.807, 2.05) is 32.3 Å². The number of benzene rings is 1. The highest BCUT2D eigenvalue weighted by molar-refractivity contribution is 5.51. The Morgan fingerprint density at radius 3 is 1.07 bits per heavy atom. The van der Waals surface area contributed by atoms with Gasteiger partial charge in [-0.25, -0.2) is 0 Å². The lowest BCUT2D eigenvalue weighted by Crippen LogP contribution is -2.19. The van der Waals surface area contributed by atoms with Crippen LogP contribution in [-0.2, 0) is 42.6 Å². The Morgan fingerprint density at radius 1 is 0.450 bits per heavy atom. The molecule has 1 aromatic carbocycles.